The highest BCUT2D eigenvalue weighted by atomic mass is 32.2. The Morgan fingerprint density at radius 1 is 1.10 bits per heavy atom. The second-order valence-electron chi connectivity index (χ2n) is 4.77. The zero-order valence-corrected chi connectivity index (χ0v) is 12.4. The van der Waals surface area contributed by atoms with Gasteiger partial charge in [-0.1, -0.05) is 17.7 Å². The van der Waals surface area contributed by atoms with Crippen LogP contribution in [-0.2, 0) is 10.0 Å². The van der Waals surface area contributed by atoms with Crippen molar-refractivity contribution in [3.8, 4) is 0 Å². The van der Waals surface area contributed by atoms with Gasteiger partial charge in [-0.15, -0.1) is 0 Å². The van der Waals surface area contributed by atoms with Crippen LogP contribution in [0, 0.1) is 26.6 Å². The fraction of sp³-hybridized carbons (Fsp3) is 0.231. The zero-order valence-electron chi connectivity index (χ0n) is 11.6. The molecule has 0 spiro atoms. The normalized spacial score (nSPS) is 11.6. The number of aromatic nitrogens is 2. The van der Waals surface area contributed by atoms with Crippen LogP contribution in [0.2, 0.25) is 0 Å². The average molecular weight is 312 g/mol. The molecule has 21 heavy (non-hydrogen) atoms. The average Bonchev–Trinajstić information content (AvgIpc) is 2.31. The zero-order chi connectivity index (χ0) is 15.9. The van der Waals surface area contributed by atoms with Crippen LogP contribution in [0.3, 0.4) is 0 Å². The number of nitrogens with one attached hydrogen (secondary N) is 1. The van der Waals surface area contributed by atoms with Gasteiger partial charge in [0.05, 0.1) is 11.1 Å². The standard InChI is InChI=1S/C13H13FN2O4S/c1-7-4-8(2)11(9(3)5-7)21(19,20)16-6-10(14)12(17)15-13(16)18/h4-6H,1-3H3,(H,15,17,18). The van der Waals surface area contributed by atoms with Gasteiger partial charge in [-0.3, -0.25) is 9.78 Å². The number of aryl methyl sites for hydroxylation is 3. The summed E-state index contributed by atoms with van der Waals surface area (Å²) in [5.74, 6) is -1.35. The number of hydrogen-bond acceptors (Lipinski definition) is 4. The van der Waals surface area contributed by atoms with Crippen LogP contribution in [0.5, 0.6) is 0 Å². The Kier molecular flexibility index (Phi) is 3.58. The maximum absolute atomic E-state index is 13.3. The lowest BCUT2D eigenvalue weighted by atomic mass is 10.1. The van der Waals surface area contributed by atoms with Gasteiger partial charge in [0.1, 0.15) is 0 Å². The minimum absolute atomic E-state index is 0.0818. The van der Waals surface area contributed by atoms with E-state index in [-0.39, 0.29) is 8.87 Å². The van der Waals surface area contributed by atoms with E-state index >= 15 is 0 Å². The highest BCUT2D eigenvalue weighted by Gasteiger charge is 2.24. The van der Waals surface area contributed by atoms with Gasteiger partial charge < -0.3 is 0 Å². The van der Waals surface area contributed by atoms with Crippen molar-refractivity contribution in [2.24, 2.45) is 0 Å². The summed E-state index contributed by atoms with van der Waals surface area (Å²) in [6, 6.07) is 3.29. The monoisotopic (exact) mass is 312 g/mol. The third-order valence-corrected chi connectivity index (χ3v) is 4.94. The van der Waals surface area contributed by atoms with Crippen LogP contribution >= 0.6 is 0 Å². The van der Waals surface area contributed by atoms with Gasteiger partial charge in [-0.25, -0.2) is 13.2 Å². The minimum atomic E-state index is -4.29. The maximum atomic E-state index is 13.3. The quantitative estimate of drug-likeness (QED) is 0.890. The molecule has 2 aromatic rings. The number of halogens is 1. The third kappa shape index (κ3) is 2.54. The highest BCUT2D eigenvalue weighted by molar-refractivity contribution is 7.90. The van der Waals surface area contributed by atoms with Crippen molar-refractivity contribution in [3.05, 3.63) is 61.7 Å². The molecule has 1 heterocycles. The van der Waals surface area contributed by atoms with E-state index in [1.54, 1.807) is 31.0 Å². The first kappa shape index (κ1) is 15.2. The molecule has 0 unspecified atom stereocenters. The molecule has 0 aliphatic heterocycles. The maximum Gasteiger partial charge on any atom is 0.342 e. The van der Waals surface area contributed by atoms with Gasteiger partial charge in [0, 0.05) is 0 Å². The molecule has 1 N–H and O–H groups in total. The number of rotatable bonds is 2. The first-order valence-electron chi connectivity index (χ1n) is 5.99. The van der Waals surface area contributed by atoms with E-state index in [2.05, 4.69) is 0 Å². The number of aromatic amines is 1. The van der Waals surface area contributed by atoms with Gasteiger partial charge in [0.25, 0.3) is 15.6 Å². The van der Waals surface area contributed by atoms with Crippen molar-refractivity contribution >= 4 is 10.0 Å². The molecule has 0 amide bonds. The molecular weight excluding hydrogens is 299 g/mol. The van der Waals surface area contributed by atoms with E-state index in [0.29, 0.717) is 17.3 Å². The van der Waals surface area contributed by atoms with Crippen LogP contribution in [0.25, 0.3) is 0 Å². The summed E-state index contributed by atoms with van der Waals surface area (Å²) < 4.78 is 38.6. The smallest absolute Gasteiger partial charge is 0.271 e. The molecule has 0 saturated carbocycles. The molecule has 0 aliphatic carbocycles. The lowest BCUT2D eigenvalue weighted by Gasteiger charge is -2.13. The van der Waals surface area contributed by atoms with Gasteiger partial charge in [0.2, 0.25) is 5.82 Å². The summed E-state index contributed by atoms with van der Waals surface area (Å²) in [6.45, 7) is 4.97. The lowest BCUT2D eigenvalue weighted by Crippen LogP contribution is -2.35. The molecule has 8 heteroatoms. The van der Waals surface area contributed by atoms with Crippen LogP contribution in [0.15, 0.2) is 32.8 Å². The summed E-state index contributed by atoms with van der Waals surface area (Å²) in [6.07, 6.45) is 0.384. The second kappa shape index (κ2) is 4.96. The van der Waals surface area contributed by atoms with Crippen molar-refractivity contribution in [2.75, 3.05) is 0 Å². The molecule has 112 valence electrons. The second-order valence-corrected chi connectivity index (χ2v) is 6.52. The molecule has 0 bridgehead atoms. The summed E-state index contributed by atoms with van der Waals surface area (Å²) in [4.78, 5) is 24.2. The van der Waals surface area contributed by atoms with Gasteiger partial charge >= 0.3 is 5.69 Å². The third-order valence-electron chi connectivity index (χ3n) is 2.99. The highest BCUT2D eigenvalue weighted by Crippen LogP contribution is 2.23. The minimum Gasteiger partial charge on any atom is -0.271 e. The topological polar surface area (TPSA) is 89.0 Å². The van der Waals surface area contributed by atoms with E-state index in [0.717, 1.165) is 5.56 Å². The van der Waals surface area contributed by atoms with E-state index in [4.69, 9.17) is 0 Å². The van der Waals surface area contributed by atoms with E-state index in [9.17, 15) is 22.4 Å². The van der Waals surface area contributed by atoms with Crippen molar-refractivity contribution in [2.45, 2.75) is 25.7 Å². The fourth-order valence-corrected chi connectivity index (χ4v) is 3.91. The Morgan fingerprint density at radius 2 is 1.62 bits per heavy atom. The number of benzene rings is 1. The van der Waals surface area contributed by atoms with Crippen LogP contribution < -0.4 is 11.2 Å². The Labute approximate surface area is 119 Å². The number of hydrogen-bond donors (Lipinski definition) is 1. The SMILES string of the molecule is Cc1cc(C)c(S(=O)(=O)n2cc(F)c(=O)[nH]c2=O)c(C)c1. The summed E-state index contributed by atoms with van der Waals surface area (Å²) in [5.41, 5.74) is -0.731. The summed E-state index contributed by atoms with van der Waals surface area (Å²) in [7, 11) is -4.29. The summed E-state index contributed by atoms with van der Waals surface area (Å²) in [5, 5.41) is 0. The molecule has 0 atom stereocenters. The van der Waals surface area contributed by atoms with E-state index in [1.165, 1.54) is 0 Å². The molecule has 0 saturated heterocycles. The molecular formula is C13H13FN2O4S. The van der Waals surface area contributed by atoms with Crippen LogP contribution in [0.4, 0.5) is 4.39 Å². The molecule has 0 aliphatic rings. The van der Waals surface area contributed by atoms with Gasteiger partial charge in [-0.2, -0.15) is 8.36 Å². The lowest BCUT2D eigenvalue weighted by molar-refractivity contribution is 0.564. The van der Waals surface area contributed by atoms with E-state index in [1.807, 2.05) is 6.92 Å². The Bertz CT molecular complexity index is 918. The largest absolute Gasteiger partial charge is 0.342 e. The number of nitrogens with zero attached hydrogens (tertiary/aromatic N) is 1. The molecule has 1 aromatic carbocycles. The fourth-order valence-electron chi connectivity index (χ4n) is 2.28. The van der Waals surface area contributed by atoms with Crippen molar-refractivity contribution in [3.63, 3.8) is 0 Å². The molecule has 1 aromatic heterocycles. The molecule has 0 fully saturated rings. The Hall–Kier alpha value is -2.22. The molecule has 2 rings (SSSR count). The van der Waals surface area contributed by atoms with Gasteiger partial charge in [0.15, 0.2) is 0 Å². The van der Waals surface area contributed by atoms with Crippen molar-refractivity contribution in [1.82, 2.24) is 8.96 Å². The Balaban J connectivity index is 2.84. The predicted molar refractivity (Wildman–Crippen MR) is 74.5 cm³/mol. The van der Waals surface area contributed by atoms with Crippen LogP contribution in [-0.4, -0.2) is 17.4 Å². The molecule has 0 radical (unpaired) electrons. The molecule has 6 nitrogen and oxygen atoms in total. The Morgan fingerprint density at radius 3 is 2.14 bits per heavy atom. The van der Waals surface area contributed by atoms with E-state index < -0.39 is 27.1 Å². The van der Waals surface area contributed by atoms with Crippen molar-refractivity contribution in [1.29, 1.82) is 0 Å². The number of H-pyrrole nitrogens is 1. The summed E-state index contributed by atoms with van der Waals surface area (Å²) >= 11 is 0. The van der Waals surface area contributed by atoms with Gasteiger partial charge in [-0.05, 0) is 31.9 Å². The first-order chi connectivity index (χ1) is 9.64. The van der Waals surface area contributed by atoms with Crippen molar-refractivity contribution < 1.29 is 12.8 Å². The predicted octanol–water partition coefficient (Wildman–Crippen LogP) is 0.838. The van der Waals surface area contributed by atoms with Crippen LogP contribution in [0.1, 0.15) is 16.7 Å². The first-order valence-corrected chi connectivity index (χ1v) is 7.43.